The Hall–Kier alpha value is -2.70. The van der Waals surface area contributed by atoms with Gasteiger partial charge in [-0.15, -0.1) is 0 Å². The van der Waals surface area contributed by atoms with Crippen LogP contribution in [0.1, 0.15) is 17.5 Å². The fourth-order valence-electron chi connectivity index (χ4n) is 3.71. The molecule has 4 rings (SSSR count). The molecule has 2 fully saturated rings. The van der Waals surface area contributed by atoms with E-state index < -0.39 is 42.1 Å². The van der Waals surface area contributed by atoms with E-state index in [0.29, 0.717) is 0 Å². The Labute approximate surface area is 163 Å². The number of fused-ring (bicyclic) bond motifs is 1. The Bertz CT molecular complexity index is 821. The second kappa shape index (κ2) is 8.12. The first-order valence-electron chi connectivity index (χ1n) is 9.38. The van der Waals surface area contributed by atoms with Crippen LogP contribution in [0.15, 0.2) is 60.7 Å². The first-order chi connectivity index (χ1) is 13.6. The van der Waals surface area contributed by atoms with Crippen molar-refractivity contribution < 1.29 is 28.9 Å². The highest BCUT2D eigenvalue weighted by Gasteiger charge is 2.61. The lowest BCUT2D eigenvalue weighted by atomic mass is 9.78. The van der Waals surface area contributed by atoms with Gasteiger partial charge in [0, 0.05) is 0 Å². The van der Waals surface area contributed by atoms with Crippen molar-refractivity contribution in [3.05, 3.63) is 71.8 Å². The normalized spacial score (nSPS) is 28.1. The molecule has 0 radical (unpaired) electrons. The number of carbonyl (C=O) groups is 2. The predicted octanol–water partition coefficient (Wildman–Crippen LogP) is 2.24. The molecule has 146 valence electrons. The molecular formula is C22H22O6. The van der Waals surface area contributed by atoms with Crippen LogP contribution in [0.5, 0.6) is 0 Å². The van der Waals surface area contributed by atoms with Crippen molar-refractivity contribution in [3.63, 3.8) is 0 Å². The zero-order valence-electron chi connectivity index (χ0n) is 15.3. The van der Waals surface area contributed by atoms with Gasteiger partial charge >= 0.3 is 11.9 Å². The molecule has 1 saturated heterocycles. The summed E-state index contributed by atoms with van der Waals surface area (Å²) in [5.41, 5.74) is 1.72. The standard InChI is InChI=1S/C22H22O6/c23-17-11-16(21(24)26-12-14-7-3-1-4-8-14)18(20-19(17)28-20)22(25)27-13-15-9-5-2-6-10-15/h1-10,16-20,23H,11-13H2/t16-,17-,18+,19-,20+/m1/s1. The van der Waals surface area contributed by atoms with Crippen molar-refractivity contribution in [2.45, 2.75) is 37.9 Å². The van der Waals surface area contributed by atoms with Gasteiger partial charge in [0.1, 0.15) is 25.4 Å². The minimum atomic E-state index is -0.786. The third kappa shape index (κ3) is 4.08. The van der Waals surface area contributed by atoms with Gasteiger partial charge in [0.25, 0.3) is 0 Å². The molecule has 0 aromatic heterocycles. The number of rotatable bonds is 6. The predicted molar refractivity (Wildman–Crippen MR) is 98.7 cm³/mol. The molecule has 2 aromatic rings. The van der Waals surface area contributed by atoms with Crippen molar-refractivity contribution in [2.24, 2.45) is 11.8 Å². The number of hydrogen-bond donors (Lipinski definition) is 1. The average molecular weight is 382 g/mol. The van der Waals surface area contributed by atoms with Crippen molar-refractivity contribution >= 4 is 11.9 Å². The van der Waals surface area contributed by atoms with E-state index >= 15 is 0 Å². The van der Waals surface area contributed by atoms with Crippen LogP contribution in [-0.4, -0.2) is 35.4 Å². The minimum Gasteiger partial charge on any atom is -0.461 e. The number of aliphatic hydroxyl groups excluding tert-OH is 1. The lowest BCUT2D eigenvalue weighted by Crippen LogP contribution is -2.44. The smallest absolute Gasteiger partial charge is 0.312 e. The van der Waals surface area contributed by atoms with Crippen LogP contribution in [0.2, 0.25) is 0 Å². The topological polar surface area (TPSA) is 85.4 Å². The number of epoxide rings is 1. The summed E-state index contributed by atoms with van der Waals surface area (Å²) < 4.78 is 16.3. The van der Waals surface area contributed by atoms with Crippen molar-refractivity contribution in [1.29, 1.82) is 0 Å². The van der Waals surface area contributed by atoms with Gasteiger partial charge in [-0.2, -0.15) is 0 Å². The van der Waals surface area contributed by atoms with Gasteiger partial charge in [0.2, 0.25) is 0 Å². The van der Waals surface area contributed by atoms with E-state index in [9.17, 15) is 14.7 Å². The van der Waals surface area contributed by atoms with Crippen LogP contribution in [-0.2, 0) is 37.0 Å². The SMILES string of the molecule is O=C(OCc1ccccc1)[C@@H]1[C@@H]2O[C@@H]2[C@H](O)C[C@H]1C(=O)OCc1ccccc1. The van der Waals surface area contributed by atoms with Crippen LogP contribution >= 0.6 is 0 Å². The minimum absolute atomic E-state index is 0.118. The molecule has 0 spiro atoms. The monoisotopic (exact) mass is 382 g/mol. The van der Waals surface area contributed by atoms with Gasteiger partial charge in [-0.1, -0.05) is 60.7 Å². The van der Waals surface area contributed by atoms with E-state index in [1.165, 1.54) is 0 Å². The van der Waals surface area contributed by atoms with Gasteiger partial charge in [0.15, 0.2) is 0 Å². The number of hydrogen-bond acceptors (Lipinski definition) is 6. The summed E-state index contributed by atoms with van der Waals surface area (Å²) in [6.45, 7) is 0.245. The Morgan fingerprint density at radius 3 is 1.96 bits per heavy atom. The van der Waals surface area contributed by atoms with Gasteiger partial charge < -0.3 is 19.3 Å². The second-order valence-electron chi connectivity index (χ2n) is 7.19. The molecule has 0 unspecified atom stereocenters. The summed E-state index contributed by atoms with van der Waals surface area (Å²) in [4.78, 5) is 25.4. The summed E-state index contributed by atoms with van der Waals surface area (Å²) in [7, 11) is 0. The molecule has 0 amide bonds. The fraction of sp³-hybridized carbons (Fsp3) is 0.364. The third-order valence-electron chi connectivity index (χ3n) is 5.25. The lowest BCUT2D eigenvalue weighted by Gasteiger charge is -2.28. The van der Waals surface area contributed by atoms with E-state index in [1.807, 2.05) is 60.7 Å². The van der Waals surface area contributed by atoms with E-state index in [4.69, 9.17) is 14.2 Å². The summed E-state index contributed by atoms with van der Waals surface area (Å²) in [6.07, 6.45) is -1.56. The molecule has 2 aromatic carbocycles. The van der Waals surface area contributed by atoms with Gasteiger partial charge in [-0.3, -0.25) is 9.59 Å². The van der Waals surface area contributed by atoms with Gasteiger partial charge in [-0.25, -0.2) is 0 Å². The number of aliphatic hydroxyl groups is 1. The maximum atomic E-state index is 12.7. The van der Waals surface area contributed by atoms with Gasteiger partial charge in [0.05, 0.1) is 17.9 Å². The first-order valence-corrected chi connectivity index (χ1v) is 9.38. The summed E-state index contributed by atoms with van der Waals surface area (Å²) in [5, 5.41) is 10.1. The highest BCUT2D eigenvalue weighted by Crippen LogP contribution is 2.45. The Balaban J connectivity index is 1.41. The summed E-state index contributed by atoms with van der Waals surface area (Å²) in [5.74, 6) is -2.56. The molecule has 0 bridgehead atoms. The second-order valence-corrected chi connectivity index (χ2v) is 7.19. The molecule has 1 N–H and O–H groups in total. The van der Waals surface area contributed by atoms with Crippen LogP contribution < -0.4 is 0 Å². The van der Waals surface area contributed by atoms with Crippen LogP contribution in [0.3, 0.4) is 0 Å². The quantitative estimate of drug-likeness (QED) is 0.609. The summed E-state index contributed by atoms with van der Waals surface area (Å²) in [6, 6.07) is 18.7. The van der Waals surface area contributed by atoms with E-state index in [1.54, 1.807) is 0 Å². The third-order valence-corrected chi connectivity index (χ3v) is 5.25. The maximum Gasteiger partial charge on any atom is 0.312 e. The molecule has 28 heavy (non-hydrogen) atoms. The zero-order valence-corrected chi connectivity index (χ0v) is 15.3. The lowest BCUT2D eigenvalue weighted by molar-refractivity contribution is -0.165. The number of benzene rings is 2. The molecule has 1 saturated carbocycles. The van der Waals surface area contributed by atoms with Crippen molar-refractivity contribution in [3.8, 4) is 0 Å². The molecule has 1 aliphatic carbocycles. The average Bonchev–Trinajstić information content (AvgIpc) is 3.53. The van der Waals surface area contributed by atoms with Crippen LogP contribution in [0.25, 0.3) is 0 Å². The van der Waals surface area contributed by atoms with E-state index in [-0.39, 0.29) is 19.6 Å². The zero-order chi connectivity index (χ0) is 19.5. The highest BCUT2D eigenvalue weighted by molar-refractivity contribution is 5.83. The van der Waals surface area contributed by atoms with E-state index in [0.717, 1.165) is 11.1 Å². The molecule has 1 aliphatic heterocycles. The fourth-order valence-corrected chi connectivity index (χ4v) is 3.71. The number of ether oxygens (including phenoxy) is 3. The summed E-state index contributed by atoms with van der Waals surface area (Å²) >= 11 is 0. The molecular weight excluding hydrogens is 360 g/mol. The number of esters is 2. The molecule has 1 heterocycles. The Kier molecular flexibility index (Phi) is 5.41. The molecule has 6 heteroatoms. The van der Waals surface area contributed by atoms with E-state index in [2.05, 4.69) is 0 Å². The maximum absolute atomic E-state index is 12.7. The highest BCUT2D eigenvalue weighted by atomic mass is 16.6. The number of carbonyl (C=O) groups excluding carboxylic acids is 2. The first kappa shape index (κ1) is 18.7. The largest absolute Gasteiger partial charge is 0.461 e. The van der Waals surface area contributed by atoms with Crippen LogP contribution in [0.4, 0.5) is 0 Å². The molecule has 2 aliphatic rings. The van der Waals surface area contributed by atoms with Crippen molar-refractivity contribution in [2.75, 3.05) is 0 Å². The van der Waals surface area contributed by atoms with Gasteiger partial charge in [-0.05, 0) is 17.5 Å². The Morgan fingerprint density at radius 1 is 0.857 bits per heavy atom. The van der Waals surface area contributed by atoms with Crippen molar-refractivity contribution in [1.82, 2.24) is 0 Å². The van der Waals surface area contributed by atoms with Crippen LogP contribution in [0, 0.1) is 11.8 Å². The molecule has 5 atom stereocenters. The Morgan fingerprint density at radius 2 is 1.39 bits per heavy atom. The molecule has 6 nitrogen and oxygen atoms in total.